The maximum absolute atomic E-state index is 9.75. The van der Waals surface area contributed by atoms with E-state index in [-0.39, 0.29) is 0 Å². The van der Waals surface area contributed by atoms with Crippen LogP contribution in [0.1, 0.15) is 26.3 Å². The van der Waals surface area contributed by atoms with Crippen LogP contribution in [0.15, 0.2) is 15.2 Å². The maximum Gasteiger partial charge on any atom is 0.0718 e. The molecule has 15 heavy (non-hydrogen) atoms. The van der Waals surface area contributed by atoms with Crippen LogP contribution in [0.3, 0.4) is 0 Å². The van der Waals surface area contributed by atoms with E-state index >= 15 is 0 Å². The number of nitrogens with zero attached hydrogens (tertiary/aromatic N) is 1. The molecule has 0 saturated heterocycles. The van der Waals surface area contributed by atoms with Gasteiger partial charge in [-0.25, -0.2) is 0 Å². The van der Waals surface area contributed by atoms with Crippen molar-refractivity contribution in [3.8, 4) is 0 Å². The highest BCUT2D eigenvalue weighted by atomic mass is 79.9. The molecule has 0 saturated carbocycles. The average Bonchev–Trinajstić information content (AvgIpc) is 2.47. The summed E-state index contributed by atoms with van der Waals surface area (Å²) in [4.78, 5) is 2.24. The summed E-state index contributed by atoms with van der Waals surface area (Å²) in [5, 5.41) is 11.9. The Morgan fingerprint density at radius 1 is 1.53 bits per heavy atom. The number of halogens is 1. The van der Waals surface area contributed by atoms with Crippen LogP contribution in [0.25, 0.3) is 0 Å². The van der Waals surface area contributed by atoms with Gasteiger partial charge in [0.25, 0.3) is 0 Å². The van der Waals surface area contributed by atoms with Crippen molar-refractivity contribution in [2.45, 2.75) is 32.9 Å². The normalized spacial score (nSPS) is 12.4. The van der Waals surface area contributed by atoms with Crippen LogP contribution in [-0.4, -0.2) is 28.7 Å². The lowest BCUT2D eigenvalue weighted by Gasteiger charge is -2.27. The second-order valence-electron chi connectivity index (χ2n) is 4.37. The van der Waals surface area contributed by atoms with Crippen molar-refractivity contribution in [3.05, 3.63) is 20.8 Å². The molecule has 0 aromatic carbocycles. The van der Waals surface area contributed by atoms with Crippen LogP contribution in [0.2, 0.25) is 0 Å². The van der Waals surface area contributed by atoms with Gasteiger partial charge >= 0.3 is 0 Å². The van der Waals surface area contributed by atoms with E-state index < -0.39 is 5.60 Å². The van der Waals surface area contributed by atoms with Crippen LogP contribution in [0, 0.1) is 0 Å². The van der Waals surface area contributed by atoms with E-state index in [1.165, 1.54) is 5.56 Å². The van der Waals surface area contributed by atoms with Crippen LogP contribution in [0.4, 0.5) is 0 Å². The Balaban J connectivity index is 2.54. The van der Waals surface area contributed by atoms with Crippen LogP contribution in [-0.2, 0) is 6.54 Å². The smallest absolute Gasteiger partial charge is 0.0718 e. The molecule has 1 aromatic heterocycles. The topological polar surface area (TPSA) is 23.5 Å². The second-order valence-corrected chi connectivity index (χ2v) is 6.67. The molecule has 0 spiro atoms. The van der Waals surface area contributed by atoms with Gasteiger partial charge in [-0.1, -0.05) is 6.92 Å². The third kappa shape index (κ3) is 5.11. The van der Waals surface area contributed by atoms with Gasteiger partial charge in [-0.2, -0.15) is 0 Å². The number of aliphatic hydroxyl groups is 1. The maximum atomic E-state index is 9.75. The molecule has 0 aliphatic rings. The third-order valence-electron chi connectivity index (χ3n) is 2.09. The monoisotopic (exact) mass is 291 g/mol. The Labute approximate surface area is 104 Å². The van der Waals surface area contributed by atoms with Crippen molar-refractivity contribution >= 4 is 27.3 Å². The molecule has 0 amide bonds. The zero-order valence-electron chi connectivity index (χ0n) is 9.46. The predicted molar refractivity (Wildman–Crippen MR) is 69.3 cm³/mol. The summed E-state index contributed by atoms with van der Waals surface area (Å²) in [5.74, 6) is 0. The molecule has 1 heterocycles. The Hall–Kier alpha value is 0.1000. The quantitative estimate of drug-likeness (QED) is 0.901. The van der Waals surface area contributed by atoms with Gasteiger partial charge in [0, 0.05) is 13.1 Å². The van der Waals surface area contributed by atoms with Gasteiger partial charge in [0.1, 0.15) is 0 Å². The number of hydrogen-bond acceptors (Lipinski definition) is 3. The van der Waals surface area contributed by atoms with Crippen molar-refractivity contribution in [1.82, 2.24) is 4.90 Å². The van der Waals surface area contributed by atoms with E-state index in [9.17, 15) is 5.11 Å². The highest BCUT2D eigenvalue weighted by molar-refractivity contribution is 9.11. The first-order valence-electron chi connectivity index (χ1n) is 5.08. The summed E-state index contributed by atoms with van der Waals surface area (Å²) < 4.78 is 1.16. The summed E-state index contributed by atoms with van der Waals surface area (Å²) >= 11 is 5.16. The lowest BCUT2D eigenvalue weighted by Crippen LogP contribution is -2.38. The highest BCUT2D eigenvalue weighted by Gasteiger charge is 2.17. The summed E-state index contributed by atoms with van der Waals surface area (Å²) in [6.07, 6.45) is 0. The Bertz CT molecular complexity index is 306. The largest absolute Gasteiger partial charge is 0.389 e. The van der Waals surface area contributed by atoms with Crippen LogP contribution in [0.5, 0.6) is 0 Å². The minimum absolute atomic E-state index is 0.622. The van der Waals surface area contributed by atoms with Gasteiger partial charge in [-0.05, 0) is 53.3 Å². The first-order valence-corrected chi connectivity index (χ1v) is 6.75. The number of thiophene rings is 1. The molecule has 1 rings (SSSR count). The van der Waals surface area contributed by atoms with Gasteiger partial charge in [-0.3, -0.25) is 4.90 Å². The zero-order valence-corrected chi connectivity index (χ0v) is 11.9. The van der Waals surface area contributed by atoms with Gasteiger partial charge < -0.3 is 5.11 Å². The molecule has 0 radical (unpaired) electrons. The summed E-state index contributed by atoms with van der Waals surface area (Å²) in [7, 11) is 0. The van der Waals surface area contributed by atoms with Crippen molar-refractivity contribution in [1.29, 1.82) is 0 Å². The fourth-order valence-electron chi connectivity index (χ4n) is 1.51. The fraction of sp³-hybridized carbons (Fsp3) is 0.636. The first kappa shape index (κ1) is 13.2. The number of likely N-dealkylation sites (N-methyl/N-ethyl adjacent to an activating group) is 1. The summed E-state index contributed by atoms with van der Waals surface area (Å²) in [5.41, 5.74) is 0.682. The molecule has 1 aromatic rings. The molecule has 0 aliphatic carbocycles. The Kier molecular flexibility index (Phi) is 4.77. The van der Waals surface area contributed by atoms with Crippen molar-refractivity contribution in [2.75, 3.05) is 13.1 Å². The predicted octanol–water partition coefficient (Wildman–Crippen LogP) is 3.10. The highest BCUT2D eigenvalue weighted by Crippen LogP contribution is 2.22. The molecule has 0 aliphatic heterocycles. The molecule has 2 nitrogen and oxygen atoms in total. The average molecular weight is 292 g/mol. The molecule has 0 unspecified atom stereocenters. The second kappa shape index (κ2) is 5.43. The van der Waals surface area contributed by atoms with E-state index in [2.05, 4.69) is 39.2 Å². The van der Waals surface area contributed by atoms with Gasteiger partial charge in [0.15, 0.2) is 0 Å². The molecular weight excluding hydrogens is 274 g/mol. The minimum atomic E-state index is -0.622. The van der Waals surface area contributed by atoms with Crippen molar-refractivity contribution in [2.24, 2.45) is 0 Å². The lowest BCUT2D eigenvalue weighted by molar-refractivity contribution is 0.0354. The van der Waals surface area contributed by atoms with Gasteiger partial charge in [-0.15, -0.1) is 11.3 Å². The molecule has 86 valence electrons. The van der Waals surface area contributed by atoms with E-state index in [1.54, 1.807) is 11.3 Å². The van der Waals surface area contributed by atoms with Crippen molar-refractivity contribution < 1.29 is 5.11 Å². The zero-order chi connectivity index (χ0) is 11.5. The van der Waals surface area contributed by atoms with E-state index in [1.807, 2.05) is 13.8 Å². The first-order chi connectivity index (χ1) is 6.90. The third-order valence-corrected chi connectivity index (χ3v) is 3.64. The lowest BCUT2D eigenvalue weighted by atomic mass is 10.1. The van der Waals surface area contributed by atoms with E-state index in [0.29, 0.717) is 6.54 Å². The van der Waals surface area contributed by atoms with E-state index in [4.69, 9.17) is 0 Å². The molecule has 4 heteroatoms. The Morgan fingerprint density at radius 3 is 2.60 bits per heavy atom. The van der Waals surface area contributed by atoms with Crippen LogP contribution < -0.4 is 0 Å². The van der Waals surface area contributed by atoms with Gasteiger partial charge in [0.05, 0.1) is 9.39 Å². The number of hydrogen-bond donors (Lipinski definition) is 1. The van der Waals surface area contributed by atoms with Crippen molar-refractivity contribution in [3.63, 3.8) is 0 Å². The molecule has 0 atom stereocenters. The standard InChI is InChI=1S/C11H18BrNOS/c1-4-13(8-11(2,3)14)6-9-5-10(12)15-7-9/h5,7,14H,4,6,8H2,1-3H3. The molecule has 0 bridgehead atoms. The minimum Gasteiger partial charge on any atom is -0.389 e. The SMILES string of the molecule is CCN(Cc1csc(Br)c1)CC(C)(C)O. The van der Waals surface area contributed by atoms with Gasteiger partial charge in [0.2, 0.25) is 0 Å². The fourth-order valence-corrected chi connectivity index (χ4v) is 2.71. The molecule has 1 N–H and O–H groups in total. The molecular formula is C11H18BrNOS. The van der Waals surface area contributed by atoms with E-state index in [0.717, 1.165) is 16.9 Å². The van der Waals surface area contributed by atoms with Crippen LogP contribution >= 0.6 is 27.3 Å². The summed E-state index contributed by atoms with van der Waals surface area (Å²) in [6.45, 7) is 8.38. The summed E-state index contributed by atoms with van der Waals surface area (Å²) in [6, 6.07) is 2.14. The molecule has 0 fully saturated rings. The number of rotatable bonds is 5. The Morgan fingerprint density at radius 2 is 2.20 bits per heavy atom.